The van der Waals surface area contributed by atoms with Crippen LogP contribution in [0.15, 0.2) is 24.3 Å². The van der Waals surface area contributed by atoms with Crippen molar-refractivity contribution in [1.82, 2.24) is 0 Å². The van der Waals surface area contributed by atoms with Crippen LogP contribution in [0.25, 0.3) is 0 Å². The van der Waals surface area contributed by atoms with Crippen LogP contribution >= 0.6 is 0 Å². The fourth-order valence-corrected chi connectivity index (χ4v) is 5.45. The standard InChI is InChI=1S/C37H70O2/c1-2-3-4-5-6-7-8-9-10-11-12-13-14-15-16-17-18-19-20-21-22-23-24-25-26-27-28-29-30-31-32-33-34-35-36-37(38)39/h11-12,14-15H,2-10,13,16-36H2,1H3,(H,38,39). The van der Waals surface area contributed by atoms with Crippen molar-refractivity contribution < 1.29 is 9.90 Å². The molecule has 0 aromatic rings. The van der Waals surface area contributed by atoms with E-state index in [9.17, 15) is 4.79 Å². The number of carboxylic acids is 1. The molecule has 0 saturated heterocycles. The normalized spacial score (nSPS) is 11.8. The summed E-state index contributed by atoms with van der Waals surface area (Å²) in [6.45, 7) is 2.29. The molecule has 0 aliphatic rings. The zero-order chi connectivity index (χ0) is 28.3. The molecule has 0 heterocycles. The second-order valence-corrected chi connectivity index (χ2v) is 12.1. The van der Waals surface area contributed by atoms with Crippen LogP contribution in [0.1, 0.15) is 206 Å². The topological polar surface area (TPSA) is 37.3 Å². The largest absolute Gasteiger partial charge is 0.481 e. The highest BCUT2D eigenvalue weighted by atomic mass is 16.4. The SMILES string of the molecule is CCCCCCCCCCC=CCC=CCCCCCCCCCCCCCCCCCCCCCC(=O)O. The molecule has 0 atom stereocenters. The van der Waals surface area contributed by atoms with E-state index < -0.39 is 5.97 Å². The summed E-state index contributed by atoms with van der Waals surface area (Å²) in [6.07, 6.45) is 50.4. The van der Waals surface area contributed by atoms with Gasteiger partial charge in [0.05, 0.1) is 0 Å². The van der Waals surface area contributed by atoms with Crippen LogP contribution in [0, 0.1) is 0 Å². The van der Waals surface area contributed by atoms with E-state index in [0.29, 0.717) is 6.42 Å². The molecule has 2 nitrogen and oxygen atoms in total. The highest BCUT2D eigenvalue weighted by Gasteiger charge is 1.97. The van der Waals surface area contributed by atoms with Gasteiger partial charge in [-0.25, -0.2) is 0 Å². The molecule has 1 N–H and O–H groups in total. The number of allylic oxidation sites excluding steroid dienone is 4. The molecule has 0 bridgehead atoms. The molecular weight excluding hydrogens is 476 g/mol. The summed E-state index contributed by atoms with van der Waals surface area (Å²) < 4.78 is 0. The monoisotopic (exact) mass is 547 g/mol. The van der Waals surface area contributed by atoms with Crippen LogP contribution in [-0.4, -0.2) is 11.1 Å². The minimum absolute atomic E-state index is 0.343. The van der Waals surface area contributed by atoms with E-state index in [-0.39, 0.29) is 0 Å². The third kappa shape index (κ3) is 37.0. The van der Waals surface area contributed by atoms with Crippen LogP contribution in [0.3, 0.4) is 0 Å². The van der Waals surface area contributed by atoms with Crippen molar-refractivity contribution in [3.63, 3.8) is 0 Å². The first-order chi connectivity index (χ1) is 19.3. The van der Waals surface area contributed by atoms with Gasteiger partial charge in [0, 0.05) is 6.42 Å². The number of rotatable bonds is 33. The summed E-state index contributed by atoms with van der Waals surface area (Å²) >= 11 is 0. The lowest BCUT2D eigenvalue weighted by Crippen LogP contribution is -1.93. The third-order valence-corrected chi connectivity index (χ3v) is 8.09. The quantitative estimate of drug-likeness (QED) is 0.0656. The van der Waals surface area contributed by atoms with E-state index >= 15 is 0 Å². The van der Waals surface area contributed by atoms with Gasteiger partial charge in [-0.05, 0) is 38.5 Å². The first kappa shape index (κ1) is 38.0. The van der Waals surface area contributed by atoms with Crippen LogP contribution in [-0.2, 0) is 4.79 Å². The van der Waals surface area contributed by atoms with Crippen molar-refractivity contribution in [3.8, 4) is 0 Å². The summed E-state index contributed by atoms with van der Waals surface area (Å²) in [4.78, 5) is 10.5. The summed E-state index contributed by atoms with van der Waals surface area (Å²) in [5.74, 6) is -0.651. The number of carbonyl (C=O) groups is 1. The van der Waals surface area contributed by atoms with Gasteiger partial charge in [-0.2, -0.15) is 0 Å². The van der Waals surface area contributed by atoms with Crippen molar-refractivity contribution in [2.45, 2.75) is 206 Å². The minimum Gasteiger partial charge on any atom is -0.481 e. The second-order valence-electron chi connectivity index (χ2n) is 12.1. The number of aliphatic carboxylic acids is 1. The fraction of sp³-hybridized carbons (Fsp3) is 0.865. The smallest absolute Gasteiger partial charge is 0.303 e. The molecule has 0 aliphatic carbocycles. The van der Waals surface area contributed by atoms with Crippen molar-refractivity contribution in [1.29, 1.82) is 0 Å². The predicted octanol–water partition coefficient (Wildman–Crippen LogP) is 13.3. The van der Waals surface area contributed by atoms with Gasteiger partial charge in [-0.3, -0.25) is 4.79 Å². The zero-order valence-electron chi connectivity index (χ0n) is 26.6. The van der Waals surface area contributed by atoms with Crippen molar-refractivity contribution in [2.24, 2.45) is 0 Å². The number of unbranched alkanes of at least 4 members (excludes halogenated alkanes) is 27. The second kappa shape index (κ2) is 35.0. The molecule has 0 rings (SSSR count). The van der Waals surface area contributed by atoms with Crippen LogP contribution < -0.4 is 0 Å². The first-order valence-corrected chi connectivity index (χ1v) is 17.8. The molecule has 0 fully saturated rings. The van der Waals surface area contributed by atoms with Gasteiger partial charge < -0.3 is 5.11 Å². The molecule has 0 spiro atoms. The Hall–Kier alpha value is -1.05. The van der Waals surface area contributed by atoms with Crippen molar-refractivity contribution >= 4 is 5.97 Å². The molecule has 0 aromatic carbocycles. The maximum absolute atomic E-state index is 10.5. The lowest BCUT2D eigenvalue weighted by atomic mass is 10.0. The Bertz CT molecular complexity index is 522. The van der Waals surface area contributed by atoms with E-state index in [1.54, 1.807) is 0 Å². The average Bonchev–Trinajstić information content (AvgIpc) is 2.93. The Balaban J connectivity index is 3.13. The zero-order valence-corrected chi connectivity index (χ0v) is 26.6. The minimum atomic E-state index is -0.651. The highest BCUT2D eigenvalue weighted by molar-refractivity contribution is 5.66. The number of hydrogen-bond acceptors (Lipinski definition) is 1. The van der Waals surface area contributed by atoms with Crippen LogP contribution in [0.4, 0.5) is 0 Å². The van der Waals surface area contributed by atoms with Gasteiger partial charge in [0.1, 0.15) is 0 Å². The van der Waals surface area contributed by atoms with Gasteiger partial charge >= 0.3 is 5.97 Å². The summed E-state index contributed by atoms with van der Waals surface area (Å²) in [5, 5.41) is 8.63. The Kier molecular flexibility index (Phi) is 34.0. The van der Waals surface area contributed by atoms with E-state index in [1.165, 1.54) is 173 Å². The lowest BCUT2D eigenvalue weighted by Gasteiger charge is -2.04. The van der Waals surface area contributed by atoms with Crippen LogP contribution in [0.5, 0.6) is 0 Å². The molecule has 2 heteroatoms. The molecule has 0 saturated carbocycles. The van der Waals surface area contributed by atoms with E-state index in [0.717, 1.165) is 19.3 Å². The van der Waals surface area contributed by atoms with E-state index in [2.05, 4.69) is 31.2 Å². The van der Waals surface area contributed by atoms with Gasteiger partial charge in [-0.15, -0.1) is 0 Å². The van der Waals surface area contributed by atoms with E-state index in [1.807, 2.05) is 0 Å². The Morgan fingerprint density at radius 2 is 0.692 bits per heavy atom. The molecule has 0 aromatic heterocycles. The predicted molar refractivity (Wildman–Crippen MR) is 175 cm³/mol. The highest BCUT2D eigenvalue weighted by Crippen LogP contribution is 2.15. The Morgan fingerprint density at radius 3 is 1.00 bits per heavy atom. The molecule has 39 heavy (non-hydrogen) atoms. The lowest BCUT2D eigenvalue weighted by molar-refractivity contribution is -0.137. The Morgan fingerprint density at radius 1 is 0.410 bits per heavy atom. The van der Waals surface area contributed by atoms with Gasteiger partial charge in [0.25, 0.3) is 0 Å². The third-order valence-electron chi connectivity index (χ3n) is 8.09. The average molecular weight is 547 g/mol. The molecule has 230 valence electrons. The van der Waals surface area contributed by atoms with E-state index in [4.69, 9.17) is 5.11 Å². The maximum atomic E-state index is 10.5. The van der Waals surface area contributed by atoms with Crippen molar-refractivity contribution in [2.75, 3.05) is 0 Å². The van der Waals surface area contributed by atoms with Crippen LogP contribution in [0.2, 0.25) is 0 Å². The maximum Gasteiger partial charge on any atom is 0.303 e. The summed E-state index contributed by atoms with van der Waals surface area (Å²) in [5.41, 5.74) is 0. The van der Waals surface area contributed by atoms with Gasteiger partial charge in [0.2, 0.25) is 0 Å². The number of hydrogen-bond donors (Lipinski definition) is 1. The van der Waals surface area contributed by atoms with Gasteiger partial charge in [-0.1, -0.05) is 185 Å². The molecule has 0 amide bonds. The molecule has 0 unspecified atom stereocenters. The summed E-state index contributed by atoms with van der Waals surface area (Å²) in [7, 11) is 0. The fourth-order valence-electron chi connectivity index (χ4n) is 5.45. The van der Waals surface area contributed by atoms with Gasteiger partial charge in [0.15, 0.2) is 0 Å². The molecule has 0 radical (unpaired) electrons. The Labute approximate surface area is 245 Å². The molecule has 0 aliphatic heterocycles. The first-order valence-electron chi connectivity index (χ1n) is 17.8. The molecular formula is C37H70O2. The van der Waals surface area contributed by atoms with Crippen molar-refractivity contribution in [3.05, 3.63) is 24.3 Å². The number of carboxylic acid groups (broad SMARTS) is 1. The summed E-state index contributed by atoms with van der Waals surface area (Å²) in [6, 6.07) is 0.